The fourth-order valence-electron chi connectivity index (χ4n) is 3.82. The molecule has 1 amide bonds. The van der Waals surface area contributed by atoms with Crippen LogP contribution in [0.1, 0.15) is 18.2 Å². The van der Waals surface area contributed by atoms with Crippen LogP contribution in [0.4, 0.5) is 11.4 Å². The maximum atomic E-state index is 12.8. The van der Waals surface area contributed by atoms with Gasteiger partial charge < -0.3 is 9.80 Å². The first-order valence-electron chi connectivity index (χ1n) is 9.00. The Hall–Kier alpha value is -2.89. The highest BCUT2D eigenvalue weighted by atomic mass is 16.2. The van der Waals surface area contributed by atoms with E-state index in [0.29, 0.717) is 13.1 Å². The van der Waals surface area contributed by atoms with Crippen LogP contribution in [0.25, 0.3) is 10.9 Å². The number of nitrogens with zero attached hydrogens (tertiary/aromatic N) is 5. The van der Waals surface area contributed by atoms with Crippen molar-refractivity contribution in [1.29, 1.82) is 0 Å². The Morgan fingerprint density at radius 1 is 1.19 bits per heavy atom. The van der Waals surface area contributed by atoms with Gasteiger partial charge in [-0.15, -0.1) is 0 Å². The van der Waals surface area contributed by atoms with Crippen LogP contribution in [0, 0.1) is 6.92 Å². The summed E-state index contributed by atoms with van der Waals surface area (Å²) in [5.41, 5.74) is 5.28. The van der Waals surface area contributed by atoms with E-state index in [2.05, 4.69) is 29.9 Å². The van der Waals surface area contributed by atoms with Crippen molar-refractivity contribution < 1.29 is 4.79 Å². The van der Waals surface area contributed by atoms with Gasteiger partial charge in [-0.2, -0.15) is 5.10 Å². The van der Waals surface area contributed by atoms with Gasteiger partial charge in [-0.05, 0) is 25.0 Å². The van der Waals surface area contributed by atoms with E-state index in [0.717, 1.165) is 40.9 Å². The Balaban J connectivity index is 1.72. The number of carbonyl (C=O) groups is 1. The molecule has 0 saturated carbocycles. The van der Waals surface area contributed by atoms with Crippen LogP contribution >= 0.6 is 0 Å². The molecule has 2 aromatic heterocycles. The standard InChI is InChI=1S/C20H23N5O/c1-4-16-14(2)22-18-8-6-5-7-17(18)20(16)24-9-10-25(19(26)13-24)15-11-21-23(3)12-15/h5-8,11-12H,4,9-10,13H2,1-3H3. The normalized spacial score (nSPS) is 15.1. The van der Waals surface area contributed by atoms with Crippen LogP contribution in [-0.2, 0) is 18.3 Å². The zero-order chi connectivity index (χ0) is 18.3. The smallest absolute Gasteiger partial charge is 0.246 e. The van der Waals surface area contributed by atoms with Crippen LogP contribution in [-0.4, -0.2) is 40.3 Å². The van der Waals surface area contributed by atoms with Crippen molar-refractivity contribution in [3.8, 4) is 0 Å². The quantitative estimate of drug-likeness (QED) is 0.729. The van der Waals surface area contributed by atoms with E-state index in [9.17, 15) is 4.79 Å². The summed E-state index contributed by atoms with van der Waals surface area (Å²) >= 11 is 0. The summed E-state index contributed by atoms with van der Waals surface area (Å²) in [5.74, 6) is 0.102. The molecule has 4 rings (SSSR count). The second kappa shape index (κ2) is 6.44. The number of hydrogen-bond acceptors (Lipinski definition) is 4. The number of fused-ring (bicyclic) bond motifs is 1. The maximum absolute atomic E-state index is 12.8. The lowest BCUT2D eigenvalue weighted by Crippen LogP contribution is -2.51. The van der Waals surface area contributed by atoms with E-state index < -0.39 is 0 Å². The van der Waals surface area contributed by atoms with Gasteiger partial charge in [-0.3, -0.25) is 14.5 Å². The summed E-state index contributed by atoms with van der Waals surface area (Å²) in [6.07, 6.45) is 4.53. The van der Waals surface area contributed by atoms with Crippen LogP contribution in [0.2, 0.25) is 0 Å². The topological polar surface area (TPSA) is 54.3 Å². The van der Waals surface area contributed by atoms with E-state index >= 15 is 0 Å². The second-order valence-electron chi connectivity index (χ2n) is 6.73. The van der Waals surface area contributed by atoms with Gasteiger partial charge in [0.05, 0.1) is 29.6 Å². The molecule has 1 aliphatic rings. The molecular formula is C20H23N5O. The lowest BCUT2D eigenvalue weighted by molar-refractivity contribution is -0.117. The summed E-state index contributed by atoms with van der Waals surface area (Å²) in [4.78, 5) is 21.6. The van der Waals surface area contributed by atoms with E-state index in [1.54, 1.807) is 10.9 Å². The van der Waals surface area contributed by atoms with Crippen LogP contribution in [0.3, 0.4) is 0 Å². The predicted octanol–water partition coefficient (Wildman–Crippen LogP) is 2.69. The third-order valence-corrected chi connectivity index (χ3v) is 5.06. The highest BCUT2D eigenvalue weighted by Crippen LogP contribution is 2.33. The minimum atomic E-state index is 0.102. The molecule has 3 aromatic rings. The molecule has 0 unspecified atom stereocenters. The molecule has 6 nitrogen and oxygen atoms in total. The van der Waals surface area contributed by atoms with Crippen LogP contribution < -0.4 is 9.80 Å². The number of rotatable bonds is 3. The van der Waals surface area contributed by atoms with Gasteiger partial charge in [0.15, 0.2) is 0 Å². The predicted molar refractivity (Wildman–Crippen MR) is 104 cm³/mol. The molecule has 0 bridgehead atoms. The lowest BCUT2D eigenvalue weighted by Gasteiger charge is -2.36. The molecule has 1 saturated heterocycles. The number of hydrogen-bond donors (Lipinski definition) is 0. The number of piperazine rings is 1. The molecule has 1 aliphatic heterocycles. The van der Waals surface area contributed by atoms with Gasteiger partial charge in [0.2, 0.25) is 5.91 Å². The van der Waals surface area contributed by atoms with Crippen LogP contribution in [0.15, 0.2) is 36.7 Å². The monoisotopic (exact) mass is 349 g/mol. The van der Waals surface area contributed by atoms with Crippen LogP contribution in [0.5, 0.6) is 0 Å². The SMILES string of the molecule is CCc1c(C)nc2ccccc2c1N1CCN(c2cnn(C)c2)C(=O)C1. The maximum Gasteiger partial charge on any atom is 0.246 e. The second-order valence-corrected chi connectivity index (χ2v) is 6.73. The Bertz CT molecular complexity index is 977. The Morgan fingerprint density at radius 2 is 2.00 bits per heavy atom. The third kappa shape index (κ3) is 2.71. The van der Waals surface area contributed by atoms with Gasteiger partial charge in [0.1, 0.15) is 0 Å². The fraction of sp³-hybridized carbons (Fsp3) is 0.350. The summed E-state index contributed by atoms with van der Waals surface area (Å²) < 4.78 is 1.73. The van der Waals surface area contributed by atoms with E-state index in [1.165, 1.54) is 5.56 Å². The molecule has 0 aliphatic carbocycles. The molecule has 1 aromatic carbocycles. The number of aromatic nitrogens is 3. The first-order chi connectivity index (χ1) is 12.6. The minimum Gasteiger partial charge on any atom is -0.360 e. The van der Waals surface area contributed by atoms with Crippen molar-refractivity contribution in [2.24, 2.45) is 7.05 Å². The number of para-hydroxylation sites is 1. The van der Waals surface area contributed by atoms with Crippen molar-refractivity contribution in [3.05, 3.63) is 47.9 Å². The van der Waals surface area contributed by atoms with Gasteiger partial charge in [0, 0.05) is 37.4 Å². The van der Waals surface area contributed by atoms with Crippen molar-refractivity contribution in [1.82, 2.24) is 14.8 Å². The highest BCUT2D eigenvalue weighted by molar-refractivity contribution is 6.01. The molecule has 134 valence electrons. The summed E-state index contributed by atoms with van der Waals surface area (Å²) in [7, 11) is 1.86. The largest absolute Gasteiger partial charge is 0.360 e. The summed E-state index contributed by atoms with van der Waals surface area (Å²) in [6, 6.07) is 8.19. The molecule has 0 spiro atoms. The Labute approximate surface area is 153 Å². The molecule has 3 heterocycles. The van der Waals surface area contributed by atoms with Gasteiger partial charge in [0.25, 0.3) is 0 Å². The van der Waals surface area contributed by atoms with Gasteiger partial charge >= 0.3 is 0 Å². The van der Waals surface area contributed by atoms with Gasteiger partial charge in [-0.25, -0.2) is 0 Å². The Morgan fingerprint density at radius 3 is 2.69 bits per heavy atom. The number of anilines is 2. The molecule has 1 fully saturated rings. The molecule has 6 heteroatoms. The van der Waals surface area contributed by atoms with Crippen molar-refractivity contribution in [3.63, 3.8) is 0 Å². The zero-order valence-electron chi connectivity index (χ0n) is 15.4. The molecule has 0 N–H and O–H groups in total. The fourth-order valence-corrected chi connectivity index (χ4v) is 3.82. The van der Waals surface area contributed by atoms with Crippen molar-refractivity contribution >= 4 is 28.2 Å². The number of aryl methyl sites for hydroxylation is 2. The van der Waals surface area contributed by atoms with E-state index in [-0.39, 0.29) is 5.91 Å². The highest BCUT2D eigenvalue weighted by Gasteiger charge is 2.28. The minimum absolute atomic E-state index is 0.102. The number of pyridine rings is 1. The van der Waals surface area contributed by atoms with Crippen molar-refractivity contribution in [2.75, 3.05) is 29.4 Å². The molecule has 0 radical (unpaired) electrons. The molecular weight excluding hydrogens is 326 g/mol. The first-order valence-corrected chi connectivity index (χ1v) is 9.00. The van der Waals surface area contributed by atoms with Crippen molar-refractivity contribution in [2.45, 2.75) is 20.3 Å². The summed E-state index contributed by atoms with van der Waals surface area (Å²) in [5, 5.41) is 5.31. The van der Waals surface area contributed by atoms with Gasteiger partial charge in [-0.1, -0.05) is 25.1 Å². The average Bonchev–Trinajstić information content (AvgIpc) is 3.06. The third-order valence-electron chi connectivity index (χ3n) is 5.06. The first kappa shape index (κ1) is 16.6. The number of benzene rings is 1. The van der Waals surface area contributed by atoms with E-state index in [4.69, 9.17) is 4.98 Å². The van der Waals surface area contributed by atoms with E-state index in [1.807, 2.05) is 36.3 Å². The lowest BCUT2D eigenvalue weighted by atomic mass is 10.0. The summed E-state index contributed by atoms with van der Waals surface area (Å²) in [6.45, 7) is 6.03. The average molecular weight is 349 g/mol. The molecule has 26 heavy (non-hydrogen) atoms. The number of amides is 1. The zero-order valence-corrected chi connectivity index (χ0v) is 15.4. The Kier molecular flexibility index (Phi) is 4.11. The number of carbonyl (C=O) groups excluding carboxylic acids is 1. The molecule has 0 atom stereocenters.